The van der Waals surface area contributed by atoms with Crippen molar-refractivity contribution in [2.24, 2.45) is 13.0 Å². The van der Waals surface area contributed by atoms with E-state index in [1.165, 1.54) is 51.0 Å². The summed E-state index contributed by atoms with van der Waals surface area (Å²) >= 11 is 0. The lowest BCUT2D eigenvalue weighted by Gasteiger charge is -2.39. The quantitative estimate of drug-likeness (QED) is 0.904. The maximum atomic E-state index is 4.31. The molecule has 0 spiro atoms. The van der Waals surface area contributed by atoms with Crippen LogP contribution in [0.15, 0.2) is 12.3 Å². The molecule has 1 N–H and O–H groups in total. The van der Waals surface area contributed by atoms with Crippen molar-refractivity contribution < 1.29 is 0 Å². The average Bonchev–Trinajstić information content (AvgIpc) is 3.09. The van der Waals surface area contributed by atoms with Gasteiger partial charge in [-0.3, -0.25) is 9.58 Å². The summed E-state index contributed by atoms with van der Waals surface area (Å²) in [7, 11) is 2.05. The third-order valence-corrected chi connectivity index (χ3v) is 4.99. The summed E-state index contributed by atoms with van der Waals surface area (Å²) in [6.45, 7) is 6.01. The minimum Gasteiger partial charge on any atom is -0.314 e. The Balaban J connectivity index is 1.66. The maximum absolute atomic E-state index is 4.31. The van der Waals surface area contributed by atoms with Gasteiger partial charge in [-0.2, -0.15) is 5.10 Å². The van der Waals surface area contributed by atoms with Gasteiger partial charge in [0.15, 0.2) is 0 Å². The van der Waals surface area contributed by atoms with E-state index >= 15 is 0 Å². The summed E-state index contributed by atoms with van der Waals surface area (Å²) in [5, 5.41) is 7.99. The van der Waals surface area contributed by atoms with Crippen LogP contribution >= 0.6 is 0 Å². The van der Waals surface area contributed by atoms with Crippen LogP contribution in [0.25, 0.3) is 0 Å². The Labute approximate surface area is 116 Å². The van der Waals surface area contributed by atoms with Gasteiger partial charge in [-0.25, -0.2) is 0 Å². The second-order valence-electron chi connectivity index (χ2n) is 6.16. The largest absolute Gasteiger partial charge is 0.314 e. The van der Waals surface area contributed by atoms with E-state index in [9.17, 15) is 0 Å². The molecule has 0 radical (unpaired) electrons. The molecule has 2 aliphatic heterocycles. The lowest BCUT2D eigenvalue weighted by Crippen LogP contribution is -2.44. The number of rotatable bonds is 3. The summed E-state index contributed by atoms with van der Waals surface area (Å²) < 4.78 is 2.02. The molecule has 1 aromatic rings. The fourth-order valence-corrected chi connectivity index (χ4v) is 3.82. The Kier molecular flexibility index (Phi) is 3.89. The number of aryl methyl sites for hydroxylation is 1. The fraction of sp³-hybridized carbons (Fsp3) is 0.800. The Bertz CT molecular complexity index is 408. The second kappa shape index (κ2) is 5.63. The second-order valence-corrected chi connectivity index (χ2v) is 6.16. The van der Waals surface area contributed by atoms with Gasteiger partial charge in [0.25, 0.3) is 0 Å². The van der Waals surface area contributed by atoms with Crippen molar-refractivity contribution in [3.63, 3.8) is 0 Å². The first kappa shape index (κ1) is 13.1. The van der Waals surface area contributed by atoms with Gasteiger partial charge < -0.3 is 5.32 Å². The smallest absolute Gasteiger partial charge is 0.0549 e. The van der Waals surface area contributed by atoms with Crippen LogP contribution in [0.3, 0.4) is 0 Å². The zero-order valence-corrected chi connectivity index (χ0v) is 12.2. The number of nitrogens with one attached hydrogen (secondary N) is 1. The van der Waals surface area contributed by atoms with Crippen LogP contribution in [0.5, 0.6) is 0 Å². The zero-order valence-electron chi connectivity index (χ0n) is 12.2. The summed E-state index contributed by atoms with van der Waals surface area (Å²) in [5.74, 6) is 0.840. The number of nitrogens with zero attached hydrogens (tertiary/aromatic N) is 3. The van der Waals surface area contributed by atoms with Crippen molar-refractivity contribution >= 4 is 0 Å². The molecule has 3 unspecified atom stereocenters. The highest BCUT2D eigenvalue weighted by atomic mass is 15.3. The van der Waals surface area contributed by atoms with Crippen molar-refractivity contribution in [1.82, 2.24) is 20.0 Å². The highest BCUT2D eigenvalue weighted by Crippen LogP contribution is 2.29. The van der Waals surface area contributed by atoms with Crippen molar-refractivity contribution in [3.8, 4) is 0 Å². The van der Waals surface area contributed by atoms with E-state index < -0.39 is 0 Å². The number of hydrogen-bond acceptors (Lipinski definition) is 3. The molecule has 2 fully saturated rings. The standard InChI is InChI=1S/C15H26N4/c1-12(15-7-9-17-18(15)2)19-10-4-5-13(11-19)14-6-3-8-16-14/h7,9,12-14,16H,3-6,8,10-11H2,1-2H3. The van der Waals surface area contributed by atoms with Crippen LogP contribution in [0.4, 0.5) is 0 Å². The van der Waals surface area contributed by atoms with Crippen LogP contribution in [0, 0.1) is 5.92 Å². The average molecular weight is 262 g/mol. The molecular weight excluding hydrogens is 236 g/mol. The molecule has 2 aliphatic rings. The topological polar surface area (TPSA) is 33.1 Å². The molecule has 3 rings (SSSR count). The summed E-state index contributed by atoms with van der Waals surface area (Å²) in [6, 6.07) is 3.40. The van der Waals surface area contributed by atoms with Crippen LogP contribution in [-0.2, 0) is 7.05 Å². The molecule has 19 heavy (non-hydrogen) atoms. The van der Waals surface area contributed by atoms with E-state index in [0.29, 0.717) is 6.04 Å². The molecule has 4 nitrogen and oxygen atoms in total. The SMILES string of the molecule is CC(c1ccnn1C)N1CCCC(C2CCCN2)C1. The Morgan fingerprint density at radius 2 is 2.26 bits per heavy atom. The highest BCUT2D eigenvalue weighted by Gasteiger charge is 2.31. The van der Waals surface area contributed by atoms with Gasteiger partial charge >= 0.3 is 0 Å². The normalized spacial score (nSPS) is 30.6. The van der Waals surface area contributed by atoms with Gasteiger partial charge in [0.2, 0.25) is 0 Å². The monoisotopic (exact) mass is 262 g/mol. The predicted molar refractivity (Wildman–Crippen MR) is 76.9 cm³/mol. The van der Waals surface area contributed by atoms with Crippen molar-refractivity contribution in [2.75, 3.05) is 19.6 Å². The molecule has 3 heterocycles. The van der Waals surface area contributed by atoms with Gasteiger partial charge in [-0.15, -0.1) is 0 Å². The summed E-state index contributed by atoms with van der Waals surface area (Å²) in [6.07, 6.45) is 7.38. The zero-order chi connectivity index (χ0) is 13.2. The number of likely N-dealkylation sites (tertiary alicyclic amines) is 1. The summed E-state index contributed by atoms with van der Waals surface area (Å²) in [5.41, 5.74) is 1.33. The van der Waals surface area contributed by atoms with E-state index in [1.54, 1.807) is 0 Å². The highest BCUT2D eigenvalue weighted by molar-refractivity contribution is 5.06. The van der Waals surface area contributed by atoms with E-state index in [1.807, 2.05) is 17.9 Å². The number of hydrogen-bond donors (Lipinski definition) is 1. The minimum atomic E-state index is 0.483. The van der Waals surface area contributed by atoms with E-state index in [0.717, 1.165) is 12.0 Å². The van der Waals surface area contributed by atoms with Crippen LogP contribution < -0.4 is 5.32 Å². The minimum absolute atomic E-state index is 0.483. The third-order valence-electron chi connectivity index (χ3n) is 4.99. The predicted octanol–water partition coefficient (Wildman–Crippen LogP) is 1.95. The van der Waals surface area contributed by atoms with Gasteiger partial charge in [-0.05, 0) is 57.7 Å². The van der Waals surface area contributed by atoms with Gasteiger partial charge in [0.05, 0.1) is 5.69 Å². The Morgan fingerprint density at radius 3 is 2.95 bits per heavy atom. The van der Waals surface area contributed by atoms with Gasteiger partial charge in [-0.1, -0.05) is 0 Å². The third kappa shape index (κ3) is 2.70. The fourth-order valence-electron chi connectivity index (χ4n) is 3.82. The van der Waals surface area contributed by atoms with Crippen molar-refractivity contribution in [3.05, 3.63) is 18.0 Å². The molecule has 2 saturated heterocycles. The molecule has 0 saturated carbocycles. The van der Waals surface area contributed by atoms with E-state index in [2.05, 4.69) is 28.3 Å². The van der Waals surface area contributed by atoms with Gasteiger partial charge in [0, 0.05) is 31.9 Å². The maximum Gasteiger partial charge on any atom is 0.0549 e. The first-order valence-corrected chi connectivity index (χ1v) is 7.71. The van der Waals surface area contributed by atoms with Crippen LogP contribution in [0.1, 0.15) is 44.3 Å². The molecule has 0 aliphatic carbocycles. The van der Waals surface area contributed by atoms with Gasteiger partial charge in [0.1, 0.15) is 0 Å². The molecule has 4 heteroatoms. The molecule has 1 aromatic heterocycles. The molecule has 0 bridgehead atoms. The number of aromatic nitrogens is 2. The first-order chi connectivity index (χ1) is 9.25. The van der Waals surface area contributed by atoms with Crippen molar-refractivity contribution in [1.29, 1.82) is 0 Å². The molecule has 0 aromatic carbocycles. The lowest BCUT2D eigenvalue weighted by atomic mass is 9.89. The molecule has 106 valence electrons. The van der Waals surface area contributed by atoms with Crippen LogP contribution in [0.2, 0.25) is 0 Å². The van der Waals surface area contributed by atoms with E-state index in [-0.39, 0.29) is 0 Å². The number of piperidine rings is 1. The van der Waals surface area contributed by atoms with Crippen molar-refractivity contribution in [2.45, 2.75) is 44.7 Å². The summed E-state index contributed by atoms with van der Waals surface area (Å²) in [4.78, 5) is 2.64. The molecular formula is C15H26N4. The molecule has 3 atom stereocenters. The Morgan fingerprint density at radius 1 is 1.37 bits per heavy atom. The van der Waals surface area contributed by atoms with Crippen LogP contribution in [-0.4, -0.2) is 40.4 Å². The Hall–Kier alpha value is -0.870. The molecule has 0 amide bonds. The lowest BCUT2D eigenvalue weighted by molar-refractivity contribution is 0.111. The van der Waals surface area contributed by atoms with E-state index in [4.69, 9.17) is 0 Å². The first-order valence-electron chi connectivity index (χ1n) is 7.71.